The highest BCUT2D eigenvalue weighted by atomic mass is 32.2. The minimum atomic E-state index is -3.70. The summed E-state index contributed by atoms with van der Waals surface area (Å²) >= 11 is 0. The third-order valence-electron chi connectivity index (χ3n) is 1.14. The number of nitrogens with zero attached hydrogens (tertiary/aromatic N) is 2. The Hall–Kier alpha value is -1.16. The third kappa shape index (κ3) is 8.17. The van der Waals surface area contributed by atoms with Crippen molar-refractivity contribution in [2.24, 2.45) is 10.3 Å². The smallest absolute Gasteiger partial charge is 0.268 e. The van der Waals surface area contributed by atoms with E-state index in [1.807, 2.05) is 0 Å². The minimum absolute atomic E-state index is 0.0778. The van der Waals surface area contributed by atoms with Crippen LogP contribution in [0, 0.1) is 0 Å². The molecule has 0 spiro atoms. The van der Waals surface area contributed by atoms with Crippen LogP contribution in [0.3, 0.4) is 0 Å². The summed E-state index contributed by atoms with van der Waals surface area (Å²) in [4.78, 5) is 0. The largest absolute Gasteiger partial charge is 0.325 e. The van der Waals surface area contributed by atoms with Gasteiger partial charge in [-0.15, -0.1) is 0 Å². The zero-order valence-electron chi connectivity index (χ0n) is 9.16. The van der Waals surface area contributed by atoms with Crippen LogP contribution in [-0.4, -0.2) is 40.8 Å². The van der Waals surface area contributed by atoms with E-state index in [4.69, 9.17) is 0 Å². The SMILES string of the molecule is CC(=NOS(C)(=O)=O)C(C)=NOS(C)(=O)=O. The molecule has 0 unspecified atom stereocenters. The molecular formula is C6H12N2O6S2. The van der Waals surface area contributed by atoms with Crippen molar-refractivity contribution < 1.29 is 25.4 Å². The number of hydrogen-bond donors (Lipinski definition) is 0. The van der Waals surface area contributed by atoms with Gasteiger partial charge in [0, 0.05) is 0 Å². The van der Waals surface area contributed by atoms with Crippen molar-refractivity contribution in [3.05, 3.63) is 0 Å². The van der Waals surface area contributed by atoms with Crippen molar-refractivity contribution in [3.63, 3.8) is 0 Å². The van der Waals surface area contributed by atoms with Crippen LogP contribution in [0.15, 0.2) is 10.3 Å². The predicted molar refractivity (Wildman–Crippen MR) is 58.1 cm³/mol. The van der Waals surface area contributed by atoms with E-state index >= 15 is 0 Å². The van der Waals surface area contributed by atoms with E-state index in [9.17, 15) is 16.8 Å². The molecule has 0 aromatic carbocycles. The lowest BCUT2D eigenvalue weighted by atomic mass is 10.3. The summed E-state index contributed by atoms with van der Waals surface area (Å²) in [6.07, 6.45) is 1.65. The highest BCUT2D eigenvalue weighted by Gasteiger charge is 2.05. The Balaban J connectivity index is 4.68. The molecule has 0 aromatic heterocycles. The monoisotopic (exact) mass is 272 g/mol. The van der Waals surface area contributed by atoms with Gasteiger partial charge in [0.2, 0.25) is 0 Å². The van der Waals surface area contributed by atoms with Gasteiger partial charge in [-0.05, 0) is 13.8 Å². The molecule has 0 aliphatic heterocycles. The fraction of sp³-hybridized carbons (Fsp3) is 0.667. The Bertz CT molecular complexity index is 453. The first-order valence-electron chi connectivity index (χ1n) is 3.88. The summed E-state index contributed by atoms with van der Waals surface area (Å²) in [6, 6.07) is 0. The van der Waals surface area contributed by atoms with Crippen LogP contribution in [0.5, 0.6) is 0 Å². The molecular weight excluding hydrogens is 260 g/mol. The highest BCUT2D eigenvalue weighted by Crippen LogP contribution is 1.94. The average Bonchev–Trinajstić information content (AvgIpc) is 2.07. The summed E-state index contributed by atoms with van der Waals surface area (Å²) in [7, 11) is -7.40. The van der Waals surface area contributed by atoms with E-state index in [0.29, 0.717) is 0 Å². The second-order valence-corrected chi connectivity index (χ2v) is 6.03. The van der Waals surface area contributed by atoms with Gasteiger partial charge in [0.25, 0.3) is 0 Å². The quantitative estimate of drug-likeness (QED) is 0.501. The third-order valence-corrected chi connectivity index (χ3v) is 1.83. The standard InChI is InChI=1S/C6H12N2O6S2/c1-5(7-13-15(3,9)10)6(2)8-14-16(4,11)12/h1-4H3. The van der Waals surface area contributed by atoms with Crippen LogP contribution < -0.4 is 0 Å². The lowest BCUT2D eigenvalue weighted by Gasteiger charge is -1.99. The molecule has 0 aromatic rings. The molecule has 0 radical (unpaired) electrons. The Morgan fingerprint density at radius 3 is 1.25 bits per heavy atom. The lowest BCUT2D eigenvalue weighted by Crippen LogP contribution is -2.10. The van der Waals surface area contributed by atoms with E-state index in [0.717, 1.165) is 12.5 Å². The van der Waals surface area contributed by atoms with Crippen LogP contribution in [0.4, 0.5) is 0 Å². The van der Waals surface area contributed by atoms with Crippen LogP contribution in [0.2, 0.25) is 0 Å². The summed E-state index contributed by atoms with van der Waals surface area (Å²) in [5.74, 6) is 0. The first-order chi connectivity index (χ1) is 7.01. The molecule has 0 aliphatic rings. The number of rotatable bonds is 5. The van der Waals surface area contributed by atoms with Gasteiger partial charge < -0.3 is 0 Å². The van der Waals surface area contributed by atoms with Crippen LogP contribution in [-0.2, 0) is 28.8 Å². The molecule has 0 bridgehead atoms. The zero-order valence-corrected chi connectivity index (χ0v) is 10.8. The van der Waals surface area contributed by atoms with Crippen molar-refractivity contribution in [3.8, 4) is 0 Å². The van der Waals surface area contributed by atoms with E-state index in [2.05, 4.69) is 18.9 Å². The second kappa shape index (κ2) is 5.25. The van der Waals surface area contributed by atoms with Crippen LogP contribution in [0.25, 0.3) is 0 Å². The normalized spacial score (nSPS) is 14.8. The molecule has 0 amide bonds. The first kappa shape index (κ1) is 14.8. The summed E-state index contributed by atoms with van der Waals surface area (Å²) in [5, 5.41) is 6.44. The maximum atomic E-state index is 10.6. The summed E-state index contributed by atoms with van der Waals surface area (Å²) in [5.41, 5.74) is 0.156. The molecule has 0 heterocycles. The van der Waals surface area contributed by atoms with Crippen molar-refractivity contribution in [1.82, 2.24) is 0 Å². The van der Waals surface area contributed by atoms with Crippen molar-refractivity contribution in [2.75, 3.05) is 12.5 Å². The van der Waals surface area contributed by atoms with Gasteiger partial charge in [-0.25, -0.2) is 0 Å². The van der Waals surface area contributed by atoms with Gasteiger partial charge in [-0.2, -0.15) is 16.8 Å². The van der Waals surface area contributed by atoms with E-state index in [1.165, 1.54) is 13.8 Å². The van der Waals surface area contributed by atoms with Crippen LogP contribution >= 0.6 is 0 Å². The Kier molecular flexibility index (Phi) is 4.87. The second-order valence-electron chi connectivity index (χ2n) is 2.91. The van der Waals surface area contributed by atoms with E-state index in [-0.39, 0.29) is 11.4 Å². The molecule has 0 atom stereocenters. The Labute approximate surface area is 94.2 Å². The fourth-order valence-corrected chi connectivity index (χ4v) is 0.874. The molecule has 0 N–H and O–H groups in total. The molecule has 0 saturated heterocycles. The Morgan fingerprint density at radius 2 is 1.06 bits per heavy atom. The molecule has 10 heteroatoms. The lowest BCUT2D eigenvalue weighted by molar-refractivity contribution is 0.338. The van der Waals surface area contributed by atoms with Crippen molar-refractivity contribution in [2.45, 2.75) is 13.8 Å². The first-order valence-corrected chi connectivity index (χ1v) is 7.51. The van der Waals surface area contributed by atoms with E-state index < -0.39 is 20.2 Å². The molecule has 0 aliphatic carbocycles. The molecule has 8 nitrogen and oxygen atoms in total. The number of oxime groups is 2. The van der Waals surface area contributed by atoms with Crippen molar-refractivity contribution in [1.29, 1.82) is 0 Å². The number of hydrogen-bond acceptors (Lipinski definition) is 8. The van der Waals surface area contributed by atoms with Gasteiger partial charge in [0.1, 0.15) is 11.4 Å². The fourth-order valence-electron chi connectivity index (χ4n) is 0.379. The molecule has 0 rings (SSSR count). The van der Waals surface area contributed by atoms with Gasteiger partial charge in [0.05, 0.1) is 12.5 Å². The van der Waals surface area contributed by atoms with Crippen molar-refractivity contribution >= 4 is 31.7 Å². The zero-order chi connectivity index (χ0) is 13.0. The maximum Gasteiger partial charge on any atom is 0.325 e. The minimum Gasteiger partial charge on any atom is -0.268 e. The summed E-state index contributed by atoms with van der Waals surface area (Å²) in [6.45, 7) is 2.77. The Morgan fingerprint density at radius 1 is 0.812 bits per heavy atom. The topological polar surface area (TPSA) is 111 Å². The summed E-state index contributed by atoms with van der Waals surface area (Å²) < 4.78 is 50.6. The molecule has 0 saturated carbocycles. The van der Waals surface area contributed by atoms with Gasteiger partial charge in [-0.1, -0.05) is 10.3 Å². The average molecular weight is 272 g/mol. The van der Waals surface area contributed by atoms with Crippen LogP contribution in [0.1, 0.15) is 13.8 Å². The predicted octanol–water partition coefficient (Wildman–Crippen LogP) is -0.309. The molecule has 16 heavy (non-hydrogen) atoms. The highest BCUT2D eigenvalue weighted by molar-refractivity contribution is 7.86. The van der Waals surface area contributed by atoms with Gasteiger partial charge in [-0.3, -0.25) is 8.57 Å². The van der Waals surface area contributed by atoms with E-state index in [1.54, 1.807) is 0 Å². The molecule has 94 valence electrons. The van der Waals surface area contributed by atoms with Gasteiger partial charge >= 0.3 is 20.2 Å². The molecule has 0 fully saturated rings. The van der Waals surface area contributed by atoms with Gasteiger partial charge in [0.15, 0.2) is 0 Å². The maximum absolute atomic E-state index is 10.6.